The first-order chi connectivity index (χ1) is 16.8. The van der Waals surface area contributed by atoms with Crippen LogP contribution in [0, 0.1) is 5.82 Å². The van der Waals surface area contributed by atoms with Crippen molar-refractivity contribution in [1.29, 1.82) is 0 Å². The summed E-state index contributed by atoms with van der Waals surface area (Å²) in [5.74, 6) is -0.972. The number of nitrogens with one attached hydrogen (secondary N) is 1. The fraction of sp³-hybridized carbons (Fsp3) is 0.385. The first-order valence-electron chi connectivity index (χ1n) is 11.8. The van der Waals surface area contributed by atoms with Crippen molar-refractivity contribution in [2.75, 3.05) is 7.05 Å². The van der Waals surface area contributed by atoms with Crippen LogP contribution < -0.4 is 0 Å². The number of aromatic amines is 1. The molecule has 182 valence electrons. The first-order valence-corrected chi connectivity index (χ1v) is 12.2. The second kappa shape index (κ2) is 9.07. The number of carbonyl (C=O) groups excluding carboxylic acids is 3. The fourth-order valence-electron chi connectivity index (χ4n) is 5.36. The van der Waals surface area contributed by atoms with Gasteiger partial charge in [0.05, 0.1) is 23.0 Å². The van der Waals surface area contributed by atoms with E-state index in [2.05, 4.69) is 9.97 Å². The van der Waals surface area contributed by atoms with Gasteiger partial charge in [0.2, 0.25) is 17.7 Å². The normalized spacial score (nSPS) is 20.8. The first kappa shape index (κ1) is 23.5. The number of hydrogen-bond acceptors (Lipinski definition) is 4. The molecule has 0 radical (unpaired) electrons. The van der Waals surface area contributed by atoms with Crippen LogP contribution in [0.25, 0.3) is 11.0 Å². The molecule has 0 bridgehead atoms. The van der Waals surface area contributed by atoms with Crippen LogP contribution in [0.4, 0.5) is 4.39 Å². The molecule has 3 amide bonds. The van der Waals surface area contributed by atoms with Gasteiger partial charge in [-0.3, -0.25) is 19.3 Å². The zero-order valence-electron chi connectivity index (χ0n) is 19.4. The number of amides is 3. The average Bonchev–Trinajstić information content (AvgIpc) is 3.52. The smallest absolute Gasteiger partial charge is 0.241 e. The van der Waals surface area contributed by atoms with Crippen LogP contribution in [0.5, 0.6) is 0 Å². The van der Waals surface area contributed by atoms with Gasteiger partial charge in [0.15, 0.2) is 0 Å². The van der Waals surface area contributed by atoms with E-state index in [0.29, 0.717) is 16.4 Å². The number of imide groups is 1. The van der Waals surface area contributed by atoms with Crippen LogP contribution in [0.2, 0.25) is 5.02 Å². The standard InChI is InChI=1S/C26H26ClFN4O3/c1-31(15-22-29-20-10-9-17(27)12-21(20)30-22)23(33)13-26(16-5-4-6-18(28)11-16)14-24(34)32(25(26)35)19-7-2-3-8-19/h4-6,9-12,19H,2-3,7-8,13-15H2,1H3,(H,29,30). The maximum atomic E-state index is 14.2. The van der Waals surface area contributed by atoms with E-state index in [4.69, 9.17) is 11.6 Å². The summed E-state index contributed by atoms with van der Waals surface area (Å²) in [6.07, 6.45) is 3.07. The predicted octanol–water partition coefficient (Wildman–Crippen LogP) is 4.34. The van der Waals surface area contributed by atoms with Gasteiger partial charge in [-0.25, -0.2) is 9.37 Å². The second-order valence-corrected chi connectivity index (χ2v) is 9.98. The number of halogens is 2. The number of likely N-dealkylation sites (tertiary alicyclic amines) is 1. The predicted molar refractivity (Wildman–Crippen MR) is 129 cm³/mol. The molecule has 7 nitrogen and oxygen atoms in total. The largest absolute Gasteiger partial charge is 0.340 e. The number of aromatic nitrogens is 2. The van der Waals surface area contributed by atoms with E-state index >= 15 is 0 Å². The van der Waals surface area contributed by atoms with Crippen molar-refractivity contribution in [3.8, 4) is 0 Å². The topological polar surface area (TPSA) is 86.4 Å². The average molecular weight is 497 g/mol. The van der Waals surface area contributed by atoms with E-state index in [9.17, 15) is 18.8 Å². The lowest BCUT2D eigenvalue weighted by atomic mass is 9.75. The highest BCUT2D eigenvalue weighted by molar-refractivity contribution is 6.31. The maximum Gasteiger partial charge on any atom is 0.241 e. The fourth-order valence-corrected chi connectivity index (χ4v) is 5.53. The molecule has 3 aromatic rings. The third-order valence-electron chi connectivity index (χ3n) is 7.18. The number of hydrogen-bond donors (Lipinski definition) is 1. The lowest BCUT2D eigenvalue weighted by molar-refractivity contribution is -0.144. The number of carbonyl (C=O) groups is 3. The van der Waals surface area contributed by atoms with Gasteiger partial charge in [-0.15, -0.1) is 0 Å². The van der Waals surface area contributed by atoms with Crippen molar-refractivity contribution in [2.45, 2.75) is 56.5 Å². The summed E-state index contributed by atoms with van der Waals surface area (Å²) in [7, 11) is 1.62. The molecule has 1 saturated heterocycles. The lowest BCUT2D eigenvalue weighted by Crippen LogP contribution is -2.45. The molecule has 1 saturated carbocycles. The molecular weight excluding hydrogens is 471 g/mol. The van der Waals surface area contributed by atoms with Gasteiger partial charge in [-0.2, -0.15) is 0 Å². The highest BCUT2D eigenvalue weighted by atomic mass is 35.5. The molecule has 1 N–H and O–H groups in total. The third kappa shape index (κ3) is 4.31. The lowest BCUT2D eigenvalue weighted by Gasteiger charge is -2.30. The Labute approximate surface area is 207 Å². The molecule has 2 heterocycles. The van der Waals surface area contributed by atoms with Crippen LogP contribution in [0.1, 0.15) is 49.9 Å². The van der Waals surface area contributed by atoms with E-state index in [1.807, 2.05) is 0 Å². The number of rotatable bonds is 6. The molecule has 1 unspecified atom stereocenters. The summed E-state index contributed by atoms with van der Waals surface area (Å²) < 4.78 is 14.2. The number of imidazole rings is 1. The summed E-state index contributed by atoms with van der Waals surface area (Å²) in [6.45, 7) is 0.179. The Morgan fingerprint density at radius 2 is 2.00 bits per heavy atom. The Hall–Kier alpha value is -3.26. The van der Waals surface area contributed by atoms with Crippen molar-refractivity contribution in [3.05, 3.63) is 64.7 Å². The van der Waals surface area contributed by atoms with E-state index < -0.39 is 17.1 Å². The van der Waals surface area contributed by atoms with E-state index in [1.165, 1.54) is 28.0 Å². The second-order valence-electron chi connectivity index (χ2n) is 9.55. The van der Waals surface area contributed by atoms with Gasteiger partial charge in [0.1, 0.15) is 11.6 Å². The summed E-state index contributed by atoms with van der Waals surface area (Å²) >= 11 is 6.05. The summed E-state index contributed by atoms with van der Waals surface area (Å²) in [6, 6.07) is 10.8. The highest BCUT2D eigenvalue weighted by Gasteiger charge is 2.55. The quantitative estimate of drug-likeness (QED) is 0.514. The SMILES string of the molecule is CN(Cc1nc2ccc(Cl)cc2[nH]1)C(=O)CC1(c2cccc(F)c2)CC(=O)N(C2CCCC2)C1=O. The van der Waals surface area contributed by atoms with Crippen molar-refractivity contribution in [2.24, 2.45) is 0 Å². The molecule has 9 heteroatoms. The van der Waals surface area contributed by atoms with Crippen molar-refractivity contribution in [3.63, 3.8) is 0 Å². The molecule has 1 aromatic heterocycles. The van der Waals surface area contributed by atoms with E-state index in [1.54, 1.807) is 31.3 Å². The van der Waals surface area contributed by atoms with Gasteiger partial charge in [-0.1, -0.05) is 36.6 Å². The number of nitrogens with zero attached hydrogens (tertiary/aromatic N) is 3. The van der Waals surface area contributed by atoms with Gasteiger partial charge in [0.25, 0.3) is 0 Å². The Morgan fingerprint density at radius 3 is 2.74 bits per heavy atom. The summed E-state index contributed by atoms with van der Waals surface area (Å²) in [4.78, 5) is 50.7. The third-order valence-corrected chi connectivity index (χ3v) is 7.41. The van der Waals surface area contributed by atoms with Gasteiger partial charge in [-0.05, 0) is 48.7 Å². The zero-order valence-corrected chi connectivity index (χ0v) is 20.1. The maximum absolute atomic E-state index is 14.2. The number of benzene rings is 2. The van der Waals surface area contributed by atoms with Gasteiger partial charge < -0.3 is 9.88 Å². The minimum Gasteiger partial charge on any atom is -0.340 e. The minimum absolute atomic E-state index is 0.144. The molecular formula is C26H26ClFN4O3. The molecule has 1 aliphatic carbocycles. The van der Waals surface area contributed by atoms with E-state index in [0.717, 1.165) is 36.7 Å². The van der Waals surface area contributed by atoms with Crippen LogP contribution in [0.15, 0.2) is 42.5 Å². The Bertz CT molecular complexity index is 1320. The van der Waals surface area contributed by atoms with Crippen molar-refractivity contribution in [1.82, 2.24) is 19.8 Å². The minimum atomic E-state index is -1.42. The Balaban J connectivity index is 1.42. The van der Waals surface area contributed by atoms with Gasteiger partial charge in [0, 0.05) is 31.0 Å². The van der Waals surface area contributed by atoms with Gasteiger partial charge >= 0.3 is 0 Å². The number of fused-ring (bicyclic) bond motifs is 1. The molecule has 5 rings (SSSR count). The highest BCUT2D eigenvalue weighted by Crippen LogP contribution is 2.43. The molecule has 2 aliphatic rings. The Kier molecular flexibility index (Phi) is 6.09. The summed E-state index contributed by atoms with van der Waals surface area (Å²) in [5, 5.41) is 0.574. The van der Waals surface area contributed by atoms with Crippen LogP contribution in [-0.4, -0.2) is 50.6 Å². The van der Waals surface area contributed by atoms with Crippen LogP contribution in [-0.2, 0) is 26.3 Å². The number of H-pyrrole nitrogens is 1. The van der Waals surface area contributed by atoms with Crippen molar-refractivity contribution < 1.29 is 18.8 Å². The van der Waals surface area contributed by atoms with Crippen LogP contribution >= 0.6 is 11.6 Å². The van der Waals surface area contributed by atoms with Crippen LogP contribution in [0.3, 0.4) is 0 Å². The molecule has 1 aliphatic heterocycles. The molecule has 0 spiro atoms. The monoisotopic (exact) mass is 496 g/mol. The Morgan fingerprint density at radius 1 is 1.23 bits per heavy atom. The molecule has 2 aromatic carbocycles. The molecule has 2 fully saturated rings. The molecule has 35 heavy (non-hydrogen) atoms. The van der Waals surface area contributed by atoms with Crippen molar-refractivity contribution >= 4 is 40.4 Å². The molecule has 1 atom stereocenters. The van der Waals surface area contributed by atoms with E-state index in [-0.39, 0.29) is 37.2 Å². The summed E-state index contributed by atoms with van der Waals surface area (Å²) in [5.41, 5.74) is 0.421. The zero-order chi connectivity index (χ0) is 24.7.